The van der Waals surface area contributed by atoms with Gasteiger partial charge in [0.15, 0.2) is 0 Å². The van der Waals surface area contributed by atoms with E-state index in [1.54, 1.807) is 0 Å². The molecule has 3 atom stereocenters. The van der Waals surface area contributed by atoms with E-state index in [1.807, 2.05) is 0 Å². The van der Waals surface area contributed by atoms with Crippen LogP contribution in [0.25, 0.3) is 0 Å². The lowest BCUT2D eigenvalue weighted by atomic mass is 9.78. The fourth-order valence-corrected chi connectivity index (χ4v) is 3.95. The summed E-state index contributed by atoms with van der Waals surface area (Å²) in [5.41, 5.74) is 0. The number of rotatable bonds is 2. The molecule has 3 fully saturated rings. The average Bonchev–Trinajstić information content (AvgIpc) is 2.40. The van der Waals surface area contributed by atoms with Crippen molar-refractivity contribution in [1.82, 2.24) is 10.2 Å². The lowest BCUT2D eigenvalue weighted by molar-refractivity contribution is -0.0264. The van der Waals surface area contributed by atoms with Gasteiger partial charge in [-0.15, -0.1) is 0 Å². The second-order valence-corrected chi connectivity index (χ2v) is 5.95. The largest absolute Gasteiger partial charge is 0.374 e. The molecule has 1 aliphatic carbocycles. The fraction of sp³-hybridized carbons (Fsp3) is 1.00. The van der Waals surface area contributed by atoms with Gasteiger partial charge < -0.3 is 10.1 Å². The molecule has 2 aliphatic heterocycles. The molecule has 1 N–H and O–H groups in total. The highest BCUT2D eigenvalue weighted by Gasteiger charge is 2.34. The first-order valence-corrected chi connectivity index (χ1v) is 7.50. The van der Waals surface area contributed by atoms with Crippen LogP contribution in [0, 0.1) is 5.92 Å². The molecule has 98 valence electrons. The van der Waals surface area contributed by atoms with E-state index in [-0.39, 0.29) is 0 Å². The zero-order chi connectivity index (χ0) is 11.5. The van der Waals surface area contributed by atoms with E-state index in [0.717, 1.165) is 38.2 Å². The number of nitrogens with zero attached hydrogens (tertiary/aromatic N) is 1. The Balaban J connectivity index is 1.56. The first kappa shape index (κ1) is 11.9. The molecule has 3 nitrogen and oxygen atoms in total. The summed E-state index contributed by atoms with van der Waals surface area (Å²) >= 11 is 0. The number of hydrogen-bond donors (Lipinski definition) is 1. The van der Waals surface area contributed by atoms with Crippen molar-refractivity contribution in [2.24, 2.45) is 5.92 Å². The van der Waals surface area contributed by atoms with E-state index in [2.05, 4.69) is 10.2 Å². The molecular formula is C14H26N2O. The van der Waals surface area contributed by atoms with Crippen LogP contribution in [0.15, 0.2) is 0 Å². The van der Waals surface area contributed by atoms with Crippen molar-refractivity contribution < 1.29 is 4.74 Å². The van der Waals surface area contributed by atoms with Crippen molar-refractivity contribution in [3.63, 3.8) is 0 Å². The summed E-state index contributed by atoms with van der Waals surface area (Å²) in [7, 11) is 0. The zero-order valence-electron chi connectivity index (χ0n) is 10.9. The molecule has 0 aromatic rings. The number of hydrogen-bond acceptors (Lipinski definition) is 3. The minimum absolute atomic E-state index is 0.435. The van der Waals surface area contributed by atoms with Gasteiger partial charge in [-0.25, -0.2) is 0 Å². The predicted molar refractivity (Wildman–Crippen MR) is 69.2 cm³/mol. The van der Waals surface area contributed by atoms with Gasteiger partial charge in [0.2, 0.25) is 0 Å². The molecule has 3 aliphatic rings. The number of likely N-dealkylation sites (tertiary alicyclic amines) is 1. The van der Waals surface area contributed by atoms with Gasteiger partial charge in [0.1, 0.15) is 0 Å². The molecule has 1 unspecified atom stereocenters. The Morgan fingerprint density at radius 3 is 2.88 bits per heavy atom. The number of ether oxygens (including phenoxy) is 1. The van der Waals surface area contributed by atoms with E-state index < -0.39 is 0 Å². The molecule has 3 rings (SSSR count). The molecular weight excluding hydrogens is 212 g/mol. The van der Waals surface area contributed by atoms with E-state index >= 15 is 0 Å². The summed E-state index contributed by atoms with van der Waals surface area (Å²) < 4.78 is 5.86. The van der Waals surface area contributed by atoms with Crippen LogP contribution in [0.2, 0.25) is 0 Å². The summed E-state index contributed by atoms with van der Waals surface area (Å²) in [4.78, 5) is 2.74. The summed E-state index contributed by atoms with van der Waals surface area (Å²) in [6, 6.07) is 0.878. The third-order valence-corrected chi connectivity index (χ3v) is 4.80. The Kier molecular flexibility index (Phi) is 3.99. The Hall–Kier alpha value is -0.120. The molecule has 0 bridgehead atoms. The van der Waals surface area contributed by atoms with E-state index in [0.29, 0.717) is 6.10 Å². The maximum Gasteiger partial charge on any atom is 0.0826 e. The first-order valence-electron chi connectivity index (χ1n) is 7.50. The smallest absolute Gasteiger partial charge is 0.0826 e. The molecule has 3 heteroatoms. The molecule has 0 aromatic carbocycles. The molecule has 2 heterocycles. The van der Waals surface area contributed by atoms with Gasteiger partial charge >= 0.3 is 0 Å². The maximum atomic E-state index is 5.86. The Morgan fingerprint density at radius 1 is 1.12 bits per heavy atom. The monoisotopic (exact) mass is 238 g/mol. The summed E-state index contributed by atoms with van der Waals surface area (Å²) in [5, 5.41) is 3.44. The molecule has 1 saturated carbocycles. The third kappa shape index (κ3) is 2.83. The van der Waals surface area contributed by atoms with Crippen molar-refractivity contribution in [2.75, 3.05) is 32.8 Å². The molecule has 0 aromatic heterocycles. The standard InChI is InChI=1S/C14H26N2O/c1-2-6-14-12(4-1)5-3-8-16(14)11-13-10-15-7-9-17-13/h12-15H,1-11H2/t12-,13?,14-/m1/s1. The van der Waals surface area contributed by atoms with E-state index in [9.17, 15) is 0 Å². The van der Waals surface area contributed by atoms with Crippen molar-refractivity contribution in [1.29, 1.82) is 0 Å². The minimum Gasteiger partial charge on any atom is -0.374 e. The van der Waals surface area contributed by atoms with Crippen LogP contribution in [0.4, 0.5) is 0 Å². The number of fused-ring (bicyclic) bond motifs is 1. The van der Waals surface area contributed by atoms with Gasteiger partial charge in [-0.2, -0.15) is 0 Å². The quantitative estimate of drug-likeness (QED) is 0.791. The van der Waals surface area contributed by atoms with Crippen molar-refractivity contribution in [3.05, 3.63) is 0 Å². The lowest BCUT2D eigenvalue weighted by Crippen LogP contribution is -2.52. The van der Waals surface area contributed by atoms with E-state index in [4.69, 9.17) is 4.74 Å². The van der Waals surface area contributed by atoms with Crippen LogP contribution in [0.3, 0.4) is 0 Å². The topological polar surface area (TPSA) is 24.5 Å². The Labute approximate surface area is 105 Å². The van der Waals surface area contributed by atoms with Crippen LogP contribution in [0.1, 0.15) is 38.5 Å². The molecule has 2 saturated heterocycles. The highest BCUT2D eigenvalue weighted by molar-refractivity contribution is 4.88. The maximum absolute atomic E-state index is 5.86. The van der Waals surface area contributed by atoms with Crippen molar-refractivity contribution >= 4 is 0 Å². The zero-order valence-corrected chi connectivity index (χ0v) is 10.9. The molecule has 0 amide bonds. The first-order chi connectivity index (χ1) is 8.43. The van der Waals surface area contributed by atoms with Gasteiger partial charge in [0.25, 0.3) is 0 Å². The minimum atomic E-state index is 0.435. The highest BCUT2D eigenvalue weighted by atomic mass is 16.5. The summed E-state index contributed by atoms with van der Waals surface area (Å²) in [6.45, 7) is 5.44. The van der Waals surface area contributed by atoms with Gasteiger partial charge in [-0.05, 0) is 38.1 Å². The van der Waals surface area contributed by atoms with Crippen molar-refractivity contribution in [3.8, 4) is 0 Å². The van der Waals surface area contributed by atoms with Crippen LogP contribution < -0.4 is 5.32 Å². The van der Waals surface area contributed by atoms with Crippen LogP contribution >= 0.6 is 0 Å². The molecule has 17 heavy (non-hydrogen) atoms. The number of piperidine rings is 1. The van der Waals surface area contributed by atoms with Crippen LogP contribution in [-0.2, 0) is 4.74 Å². The van der Waals surface area contributed by atoms with Crippen LogP contribution in [-0.4, -0.2) is 49.8 Å². The third-order valence-electron chi connectivity index (χ3n) is 4.80. The molecule has 0 radical (unpaired) electrons. The Morgan fingerprint density at radius 2 is 2.00 bits per heavy atom. The SMILES string of the molecule is C1CC[C@@H]2[C@H](C1)CCCN2CC1CNCCO1. The van der Waals surface area contributed by atoms with Crippen molar-refractivity contribution in [2.45, 2.75) is 50.7 Å². The highest BCUT2D eigenvalue weighted by Crippen LogP contribution is 2.35. The average molecular weight is 238 g/mol. The normalized spacial score (nSPS) is 39.9. The van der Waals surface area contributed by atoms with Gasteiger partial charge in [-0.3, -0.25) is 4.90 Å². The fourth-order valence-electron chi connectivity index (χ4n) is 3.95. The van der Waals surface area contributed by atoms with Gasteiger partial charge in [0, 0.05) is 25.7 Å². The second-order valence-electron chi connectivity index (χ2n) is 5.95. The summed E-state index contributed by atoms with van der Waals surface area (Å²) in [6.07, 6.45) is 9.14. The predicted octanol–water partition coefficient (Wildman–Crippen LogP) is 1.63. The number of nitrogens with one attached hydrogen (secondary N) is 1. The van der Waals surface area contributed by atoms with Crippen LogP contribution in [0.5, 0.6) is 0 Å². The summed E-state index contributed by atoms with van der Waals surface area (Å²) in [5.74, 6) is 0.994. The van der Waals surface area contributed by atoms with Gasteiger partial charge in [-0.1, -0.05) is 12.8 Å². The van der Waals surface area contributed by atoms with E-state index in [1.165, 1.54) is 45.1 Å². The Bertz CT molecular complexity index is 238. The number of morpholine rings is 1. The lowest BCUT2D eigenvalue weighted by Gasteiger charge is -2.45. The van der Waals surface area contributed by atoms with Gasteiger partial charge in [0.05, 0.1) is 12.7 Å². The second kappa shape index (κ2) is 5.68. The molecule has 0 spiro atoms.